The average Bonchev–Trinajstić information content (AvgIpc) is 3.00. The number of rotatable bonds is 3. The molecule has 2 rings (SSSR count). The van der Waals surface area contributed by atoms with Crippen LogP contribution in [-0.2, 0) is 0 Å². The largest absolute Gasteiger partial charge is 0.394 e. The molecular weight excluding hydrogens is 176 g/mol. The quantitative estimate of drug-likeness (QED) is 0.784. The Kier molecular flexibility index (Phi) is 2.27. The average molecular weight is 192 g/mol. The van der Waals surface area contributed by atoms with E-state index in [1.165, 1.54) is 12.8 Å². The number of nitrogens with zero attached hydrogens (tertiary/aromatic N) is 3. The van der Waals surface area contributed by atoms with Crippen LogP contribution in [0.3, 0.4) is 0 Å². The maximum absolute atomic E-state index is 5.81. The van der Waals surface area contributed by atoms with E-state index in [1.807, 2.05) is 7.05 Å². The summed E-state index contributed by atoms with van der Waals surface area (Å²) in [4.78, 5) is 10.2. The van der Waals surface area contributed by atoms with Crippen molar-refractivity contribution >= 4 is 11.5 Å². The lowest BCUT2D eigenvalue weighted by Gasteiger charge is -2.26. The molecule has 1 aliphatic rings. The molecule has 1 aromatic rings. The van der Waals surface area contributed by atoms with Crippen LogP contribution in [0.5, 0.6) is 0 Å². The third-order valence-electron chi connectivity index (χ3n) is 2.97. The SMILES string of the molecule is CC(C1CC1)N(C)c1ncncc1N. The van der Waals surface area contributed by atoms with Crippen molar-refractivity contribution in [2.75, 3.05) is 17.7 Å². The summed E-state index contributed by atoms with van der Waals surface area (Å²) in [6, 6.07) is 0.521. The van der Waals surface area contributed by atoms with Gasteiger partial charge in [-0.25, -0.2) is 9.97 Å². The zero-order valence-corrected chi connectivity index (χ0v) is 8.64. The van der Waals surface area contributed by atoms with Crippen molar-refractivity contribution in [2.45, 2.75) is 25.8 Å². The van der Waals surface area contributed by atoms with Crippen molar-refractivity contribution in [1.29, 1.82) is 0 Å². The van der Waals surface area contributed by atoms with Gasteiger partial charge < -0.3 is 10.6 Å². The van der Waals surface area contributed by atoms with Gasteiger partial charge in [-0.3, -0.25) is 0 Å². The van der Waals surface area contributed by atoms with Crippen molar-refractivity contribution < 1.29 is 0 Å². The van der Waals surface area contributed by atoms with Gasteiger partial charge in [-0.05, 0) is 25.7 Å². The van der Waals surface area contributed by atoms with Crippen LogP contribution in [0.1, 0.15) is 19.8 Å². The summed E-state index contributed by atoms with van der Waals surface area (Å²) in [6.07, 6.45) is 5.85. The molecule has 0 radical (unpaired) electrons. The van der Waals surface area contributed by atoms with Gasteiger partial charge in [0.15, 0.2) is 5.82 Å². The van der Waals surface area contributed by atoms with Gasteiger partial charge in [0.25, 0.3) is 0 Å². The number of hydrogen-bond donors (Lipinski definition) is 1. The van der Waals surface area contributed by atoms with E-state index in [1.54, 1.807) is 12.5 Å². The zero-order chi connectivity index (χ0) is 10.1. The van der Waals surface area contributed by atoms with Gasteiger partial charge >= 0.3 is 0 Å². The Hall–Kier alpha value is -1.32. The highest BCUT2D eigenvalue weighted by Gasteiger charge is 2.31. The first-order valence-electron chi connectivity index (χ1n) is 4.98. The molecule has 76 valence electrons. The molecule has 1 fully saturated rings. The van der Waals surface area contributed by atoms with Gasteiger partial charge in [-0.1, -0.05) is 0 Å². The molecule has 1 aromatic heterocycles. The normalized spacial score (nSPS) is 17.9. The summed E-state index contributed by atoms with van der Waals surface area (Å²) in [7, 11) is 2.04. The predicted molar refractivity (Wildman–Crippen MR) is 57.0 cm³/mol. The molecule has 4 nitrogen and oxygen atoms in total. The summed E-state index contributed by atoms with van der Waals surface area (Å²) in [5, 5.41) is 0. The second-order valence-corrected chi connectivity index (χ2v) is 3.99. The Morgan fingerprint density at radius 2 is 2.29 bits per heavy atom. The van der Waals surface area contributed by atoms with E-state index in [9.17, 15) is 0 Å². The van der Waals surface area contributed by atoms with Gasteiger partial charge in [0.2, 0.25) is 0 Å². The zero-order valence-electron chi connectivity index (χ0n) is 8.64. The predicted octanol–water partition coefficient (Wildman–Crippen LogP) is 1.29. The third-order valence-corrected chi connectivity index (χ3v) is 2.97. The monoisotopic (exact) mass is 192 g/mol. The van der Waals surface area contributed by atoms with E-state index < -0.39 is 0 Å². The minimum atomic E-state index is 0.521. The number of nitrogen functional groups attached to an aromatic ring is 1. The Bertz CT molecular complexity index is 322. The van der Waals surface area contributed by atoms with Crippen LogP contribution in [0.4, 0.5) is 11.5 Å². The van der Waals surface area contributed by atoms with Gasteiger partial charge in [0, 0.05) is 13.1 Å². The minimum absolute atomic E-state index is 0.521. The number of hydrogen-bond acceptors (Lipinski definition) is 4. The van der Waals surface area contributed by atoms with Crippen molar-refractivity contribution in [3.63, 3.8) is 0 Å². The number of nitrogens with two attached hydrogens (primary N) is 1. The van der Waals surface area contributed by atoms with Crippen LogP contribution >= 0.6 is 0 Å². The van der Waals surface area contributed by atoms with Gasteiger partial charge in [-0.2, -0.15) is 0 Å². The summed E-state index contributed by atoms with van der Waals surface area (Å²) < 4.78 is 0. The van der Waals surface area contributed by atoms with Crippen molar-refractivity contribution in [2.24, 2.45) is 5.92 Å². The molecule has 1 aliphatic carbocycles. The Labute approximate surface area is 84.2 Å². The maximum Gasteiger partial charge on any atom is 0.155 e. The molecule has 2 N–H and O–H groups in total. The standard InChI is InChI=1S/C10H16N4/c1-7(8-3-4-8)14(2)10-9(11)5-12-6-13-10/h5-8H,3-4,11H2,1-2H3. The van der Waals surface area contributed by atoms with Gasteiger partial charge in [-0.15, -0.1) is 0 Å². The summed E-state index contributed by atoms with van der Waals surface area (Å²) in [5.74, 6) is 1.66. The smallest absolute Gasteiger partial charge is 0.155 e. The van der Waals surface area contributed by atoms with Gasteiger partial charge in [0.05, 0.1) is 11.9 Å². The van der Waals surface area contributed by atoms with E-state index in [0.717, 1.165) is 11.7 Å². The van der Waals surface area contributed by atoms with Crippen molar-refractivity contribution in [3.05, 3.63) is 12.5 Å². The fourth-order valence-electron chi connectivity index (χ4n) is 1.72. The Balaban J connectivity index is 2.17. The molecule has 0 saturated heterocycles. The van der Waals surface area contributed by atoms with Crippen molar-refractivity contribution in [1.82, 2.24) is 9.97 Å². The lowest BCUT2D eigenvalue weighted by molar-refractivity contribution is 0.604. The van der Waals surface area contributed by atoms with Crippen LogP contribution in [0, 0.1) is 5.92 Å². The second kappa shape index (κ2) is 3.44. The van der Waals surface area contributed by atoms with E-state index in [4.69, 9.17) is 5.73 Å². The highest BCUT2D eigenvalue weighted by atomic mass is 15.2. The van der Waals surface area contributed by atoms with Crippen LogP contribution in [0.25, 0.3) is 0 Å². The fourth-order valence-corrected chi connectivity index (χ4v) is 1.72. The molecule has 0 amide bonds. The Morgan fingerprint density at radius 1 is 1.57 bits per heavy atom. The molecule has 0 bridgehead atoms. The molecule has 1 heterocycles. The summed E-state index contributed by atoms with van der Waals surface area (Å²) in [5.41, 5.74) is 6.47. The molecule has 1 saturated carbocycles. The van der Waals surface area contributed by atoms with Crippen LogP contribution in [-0.4, -0.2) is 23.1 Å². The fraction of sp³-hybridized carbons (Fsp3) is 0.600. The third kappa shape index (κ3) is 1.64. The summed E-state index contributed by atoms with van der Waals surface area (Å²) in [6.45, 7) is 2.22. The first-order valence-corrected chi connectivity index (χ1v) is 4.98. The first kappa shape index (κ1) is 9.24. The Morgan fingerprint density at radius 3 is 2.86 bits per heavy atom. The highest BCUT2D eigenvalue weighted by Crippen LogP contribution is 2.36. The van der Waals surface area contributed by atoms with E-state index in [0.29, 0.717) is 11.7 Å². The first-order chi connectivity index (χ1) is 6.70. The highest BCUT2D eigenvalue weighted by molar-refractivity contribution is 5.61. The maximum atomic E-state index is 5.81. The van der Waals surface area contributed by atoms with Crippen LogP contribution < -0.4 is 10.6 Å². The van der Waals surface area contributed by atoms with Crippen LogP contribution in [0.2, 0.25) is 0 Å². The minimum Gasteiger partial charge on any atom is -0.394 e. The summed E-state index contributed by atoms with van der Waals surface area (Å²) >= 11 is 0. The van der Waals surface area contributed by atoms with Crippen molar-refractivity contribution in [3.8, 4) is 0 Å². The molecule has 0 aliphatic heterocycles. The molecule has 4 heteroatoms. The molecular formula is C10H16N4. The van der Waals surface area contributed by atoms with E-state index >= 15 is 0 Å². The lowest BCUT2D eigenvalue weighted by Crippen LogP contribution is -2.31. The number of aromatic nitrogens is 2. The molecule has 0 spiro atoms. The van der Waals surface area contributed by atoms with E-state index in [2.05, 4.69) is 21.8 Å². The molecule has 1 atom stereocenters. The second-order valence-electron chi connectivity index (χ2n) is 3.99. The van der Waals surface area contributed by atoms with E-state index in [-0.39, 0.29) is 0 Å². The topological polar surface area (TPSA) is 55.0 Å². The van der Waals surface area contributed by atoms with Gasteiger partial charge in [0.1, 0.15) is 6.33 Å². The molecule has 0 aromatic carbocycles. The lowest BCUT2D eigenvalue weighted by atomic mass is 10.2. The van der Waals surface area contributed by atoms with Crippen LogP contribution in [0.15, 0.2) is 12.5 Å². The molecule has 1 unspecified atom stereocenters. The molecule has 14 heavy (non-hydrogen) atoms. The number of anilines is 2.